The second-order valence-corrected chi connectivity index (χ2v) is 8.35. The zero-order valence-corrected chi connectivity index (χ0v) is 17.3. The zero-order valence-electron chi connectivity index (χ0n) is 17.3. The molecule has 1 aromatic carbocycles. The highest BCUT2D eigenvalue weighted by molar-refractivity contribution is 6.23. The van der Waals surface area contributed by atoms with Crippen LogP contribution in [0.4, 0.5) is 0 Å². The molecule has 0 radical (unpaired) electrons. The number of carbonyl (C=O) groups excluding carboxylic acids is 4. The lowest BCUT2D eigenvalue weighted by Gasteiger charge is -2.32. The van der Waals surface area contributed by atoms with Gasteiger partial charge in [-0.15, -0.1) is 0 Å². The fourth-order valence-corrected chi connectivity index (χ4v) is 4.57. The molecule has 0 spiro atoms. The van der Waals surface area contributed by atoms with Crippen LogP contribution in [-0.2, 0) is 16.1 Å². The van der Waals surface area contributed by atoms with Gasteiger partial charge in [0.2, 0.25) is 11.8 Å². The Hall–Kier alpha value is -2.58. The lowest BCUT2D eigenvalue weighted by Crippen LogP contribution is -2.54. The van der Waals surface area contributed by atoms with Gasteiger partial charge in [0, 0.05) is 13.0 Å². The van der Waals surface area contributed by atoms with Crippen LogP contribution in [0.25, 0.3) is 0 Å². The number of amides is 4. The molecule has 30 heavy (non-hydrogen) atoms. The minimum Gasteiger partial charge on any atom is -0.317 e. The Bertz CT molecular complexity index is 876. The Labute approximate surface area is 176 Å². The van der Waals surface area contributed by atoms with E-state index in [1.807, 2.05) is 6.07 Å². The van der Waals surface area contributed by atoms with Gasteiger partial charge in [0.05, 0.1) is 11.1 Å². The first-order valence-electron chi connectivity index (χ1n) is 10.8. The van der Waals surface area contributed by atoms with E-state index in [-0.39, 0.29) is 18.7 Å². The summed E-state index contributed by atoms with van der Waals surface area (Å²) in [6, 6.07) is 4.44. The van der Waals surface area contributed by atoms with Gasteiger partial charge in [-0.3, -0.25) is 34.3 Å². The lowest BCUT2D eigenvalue weighted by molar-refractivity contribution is -0.136. The van der Waals surface area contributed by atoms with Gasteiger partial charge in [-0.05, 0) is 69.1 Å². The van der Waals surface area contributed by atoms with Gasteiger partial charge in [-0.2, -0.15) is 0 Å². The molecule has 0 aliphatic carbocycles. The number of imide groups is 2. The van der Waals surface area contributed by atoms with E-state index in [2.05, 4.69) is 22.5 Å². The van der Waals surface area contributed by atoms with Gasteiger partial charge in [-0.1, -0.05) is 13.0 Å². The van der Waals surface area contributed by atoms with Crippen molar-refractivity contribution in [3.8, 4) is 0 Å². The van der Waals surface area contributed by atoms with Gasteiger partial charge in [-0.25, -0.2) is 0 Å². The third-order valence-electron chi connectivity index (χ3n) is 6.30. The summed E-state index contributed by atoms with van der Waals surface area (Å²) in [6.07, 6.45) is 2.60. The van der Waals surface area contributed by atoms with Crippen LogP contribution in [0.1, 0.15) is 58.9 Å². The topological polar surface area (TPSA) is 98.8 Å². The number of likely N-dealkylation sites (tertiary alicyclic amines) is 1. The smallest absolute Gasteiger partial charge is 0.262 e. The molecule has 3 aliphatic rings. The van der Waals surface area contributed by atoms with Crippen molar-refractivity contribution < 1.29 is 19.2 Å². The van der Waals surface area contributed by atoms with E-state index < -0.39 is 23.8 Å². The molecule has 8 nitrogen and oxygen atoms in total. The number of nitrogens with one attached hydrogen (secondary N) is 2. The van der Waals surface area contributed by atoms with Crippen LogP contribution in [-0.4, -0.2) is 65.6 Å². The van der Waals surface area contributed by atoms with Gasteiger partial charge >= 0.3 is 0 Å². The quantitative estimate of drug-likeness (QED) is 0.674. The maximum atomic E-state index is 12.9. The predicted octanol–water partition coefficient (Wildman–Crippen LogP) is 0.909. The van der Waals surface area contributed by atoms with Gasteiger partial charge in [0.25, 0.3) is 11.8 Å². The highest BCUT2D eigenvalue weighted by atomic mass is 16.2. The maximum absolute atomic E-state index is 12.9. The van der Waals surface area contributed by atoms with Crippen LogP contribution in [0.3, 0.4) is 0 Å². The largest absolute Gasteiger partial charge is 0.317 e. The predicted molar refractivity (Wildman–Crippen MR) is 110 cm³/mol. The highest BCUT2D eigenvalue weighted by Gasteiger charge is 2.44. The number of fused-ring (bicyclic) bond motifs is 1. The molecule has 2 saturated heterocycles. The van der Waals surface area contributed by atoms with E-state index in [1.165, 1.54) is 0 Å². The summed E-state index contributed by atoms with van der Waals surface area (Å²) in [5.41, 5.74) is 1.67. The second-order valence-electron chi connectivity index (χ2n) is 8.35. The standard InChI is InChI=1S/C22H28N4O4/c1-2-23-12-14-7-9-25(10-8-14)13-15-3-4-16-17(11-15)22(30)26(21(16)29)18-5-6-19(27)24-20(18)28/h3-4,11,14,18,23H,2,5-10,12-13H2,1H3,(H,24,27,28). The Kier molecular flexibility index (Phi) is 5.97. The summed E-state index contributed by atoms with van der Waals surface area (Å²) >= 11 is 0. The van der Waals surface area contributed by atoms with Crippen molar-refractivity contribution in [3.63, 3.8) is 0 Å². The van der Waals surface area contributed by atoms with Crippen molar-refractivity contribution in [2.45, 2.75) is 45.2 Å². The molecule has 4 rings (SSSR count). The third kappa shape index (κ3) is 4.02. The molecular formula is C22H28N4O4. The Morgan fingerprint density at radius 1 is 1.03 bits per heavy atom. The molecular weight excluding hydrogens is 384 g/mol. The Morgan fingerprint density at radius 2 is 1.77 bits per heavy atom. The zero-order chi connectivity index (χ0) is 21.3. The lowest BCUT2D eigenvalue weighted by atomic mass is 9.96. The van der Waals surface area contributed by atoms with Crippen molar-refractivity contribution in [2.75, 3.05) is 26.2 Å². The average molecular weight is 412 g/mol. The molecule has 0 bridgehead atoms. The van der Waals surface area contributed by atoms with Crippen LogP contribution in [0.2, 0.25) is 0 Å². The molecule has 1 unspecified atom stereocenters. The summed E-state index contributed by atoms with van der Waals surface area (Å²) in [5.74, 6) is -1.15. The van der Waals surface area contributed by atoms with Gasteiger partial charge in [0.15, 0.2) is 0 Å². The molecule has 160 valence electrons. The molecule has 0 saturated carbocycles. The van der Waals surface area contributed by atoms with Crippen molar-refractivity contribution >= 4 is 23.6 Å². The van der Waals surface area contributed by atoms with Crippen molar-refractivity contribution in [2.24, 2.45) is 5.92 Å². The van der Waals surface area contributed by atoms with Crippen LogP contribution in [0.5, 0.6) is 0 Å². The Balaban J connectivity index is 1.42. The van der Waals surface area contributed by atoms with Crippen LogP contribution < -0.4 is 10.6 Å². The van der Waals surface area contributed by atoms with Crippen molar-refractivity contribution in [1.82, 2.24) is 20.4 Å². The normalized spacial score (nSPS) is 23.1. The molecule has 1 atom stereocenters. The SMILES string of the molecule is CCNCC1CCN(Cc2ccc3c(c2)C(=O)N(C2CCC(=O)NC2=O)C3=O)CC1. The molecule has 3 aliphatic heterocycles. The highest BCUT2D eigenvalue weighted by Crippen LogP contribution is 2.29. The van der Waals surface area contributed by atoms with Crippen LogP contribution in [0, 0.1) is 5.92 Å². The summed E-state index contributed by atoms with van der Waals surface area (Å²) in [5, 5.41) is 5.64. The summed E-state index contributed by atoms with van der Waals surface area (Å²) in [7, 11) is 0. The molecule has 3 heterocycles. The first-order valence-corrected chi connectivity index (χ1v) is 10.8. The number of piperidine rings is 2. The van der Waals surface area contributed by atoms with E-state index in [4.69, 9.17) is 0 Å². The van der Waals surface area contributed by atoms with Gasteiger partial charge in [0.1, 0.15) is 6.04 Å². The van der Waals surface area contributed by atoms with E-state index >= 15 is 0 Å². The van der Waals surface area contributed by atoms with Crippen LogP contribution in [0.15, 0.2) is 18.2 Å². The van der Waals surface area contributed by atoms with E-state index in [0.29, 0.717) is 17.0 Å². The summed E-state index contributed by atoms with van der Waals surface area (Å²) in [6.45, 7) is 6.95. The van der Waals surface area contributed by atoms with E-state index in [1.54, 1.807) is 12.1 Å². The second kappa shape index (κ2) is 8.65. The van der Waals surface area contributed by atoms with E-state index in [9.17, 15) is 19.2 Å². The number of carbonyl (C=O) groups is 4. The number of hydrogen-bond donors (Lipinski definition) is 2. The molecule has 8 heteroatoms. The molecule has 2 fully saturated rings. The fourth-order valence-electron chi connectivity index (χ4n) is 4.57. The fraction of sp³-hybridized carbons (Fsp3) is 0.545. The molecule has 1 aromatic rings. The first-order chi connectivity index (χ1) is 14.5. The first kappa shape index (κ1) is 20.7. The van der Waals surface area contributed by atoms with Gasteiger partial charge < -0.3 is 5.32 Å². The number of rotatable bonds is 6. The average Bonchev–Trinajstić information content (AvgIpc) is 2.98. The molecule has 4 amide bonds. The maximum Gasteiger partial charge on any atom is 0.262 e. The number of hydrogen-bond acceptors (Lipinski definition) is 6. The molecule has 2 N–H and O–H groups in total. The van der Waals surface area contributed by atoms with Crippen molar-refractivity contribution in [1.29, 1.82) is 0 Å². The van der Waals surface area contributed by atoms with Crippen molar-refractivity contribution in [3.05, 3.63) is 34.9 Å². The van der Waals surface area contributed by atoms with E-state index in [0.717, 1.165) is 56.0 Å². The number of nitrogens with zero attached hydrogens (tertiary/aromatic N) is 2. The minimum absolute atomic E-state index is 0.124. The number of benzene rings is 1. The summed E-state index contributed by atoms with van der Waals surface area (Å²) in [4.78, 5) is 52.7. The Morgan fingerprint density at radius 3 is 2.47 bits per heavy atom. The minimum atomic E-state index is -0.922. The molecule has 0 aromatic heterocycles. The summed E-state index contributed by atoms with van der Waals surface area (Å²) < 4.78 is 0. The third-order valence-corrected chi connectivity index (χ3v) is 6.30. The monoisotopic (exact) mass is 412 g/mol. The van der Waals surface area contributed by atoms with Crippen LogP contribution >= 0.6 is 0 Å².